The van der Waals surface area contributed by atoms with Crippen LogP contribution < -0.4 is 10.2 Å². The molecule has 0 bridgehead atoms. The number of carbonyl (C=O) groups excluding carboxylic acids is 1. The van der Waals surface area contributed by atoms with E-state index in [9.17, 15) is 9.18 Å². The molecule has 0 fully saturated rings. The summed E-state index contributed by atoms with van der Waals surface area (Å²) in [6, 6.07) is 13.8. The van der Waals surface area contributed by atoms with E-state index >= 15 is 0 Å². The van der Waals surface area contributed by atoms with Crippen molar-refractivity contribution in [2.75, 3.05) is 16.8 Å². The Hall–Kier alpha value is -2.36. The molecule has 2 aromatic carbocycles. The van der Waals surface area contributed by atoms with Crippen LogP contribution in [-0.4, -0.2) is 12.5 Å². The number of para-hydroxylation sites is 1. The van der Waals surface area contributed by atoms with Crippen LogP contribution in [-0.2, 0) is 4.79 Å². The second kappa shape index (κ2) is 4.14. The fraction of sp³-hybridized carbons (Fsp3) is 0.0714. The summed E-state index contributed by atoms with van der Waals surface area (Å²) < 4.78 is 13.3. The normalized spacial score (nSPS) is 14.1. The summed E-state index contributed by atoms with van der Waals surface area (Å²) in [5, 5.41) is 2.74. The van der Waals surface area contributed by atoms with Crippen molar-refractivity contribution in [1.29, 1.82) is 0 Å². The highest BCUT2D eigenvalue weighted by Crippen LogP contribution is 2.35. The first-order chi connectivity index (χ1) is 8.74. The SMILES string of the molecule is O=C1CN(c2ccccc2)c2cc(F)ccc2N1. The van der Waals surface area contributed by atoms with E-state index in [1.165, 1.54) is 12.1 Å². The Labute approximate surface area is 104 Å². The van der Waals surface area contributed by atoms with Gasteiger partial charge in [-0.3, -0.25) is 4.79 Å². The molecule has 4 heteroatoms. The van der Waals surface area contributed by atoms with E-state index in [2.05, 4.69) is 5.32 Å². The zero-order chi connectivity index (χ0) is 12.5. The Kier molecular flexibility index (Phi) is 2.48. The third-order valence-electron chi connectivity index (χ3n) is 2.89. The predicted octanol–water partition coefficient (Wildman–Crippen LogP) is 2.92. The molecule has 0 saturated carbocycles. The number of hydrogen-bond acceptors (Lipinski definition) is 2. The summed E-state index contributed by atoms with van der Waals surface area (Å²) in [4.78, 5) is 13.5. The summed E-state index contributed by atoms with van der Waals surface area (Å²) in [6.07, 6.45) is 0. The van der Waals surface area contributed by atoms with Crippen molar-refractivity contribution < 1.29 is 9.18 Å². The van der Waals surface area contributed by atoms with Gasteiger partial charge in [0.1, 0.15) is 12.4 Å². The van der Waals surface area contributed by atoms with Crippen LogP contribution in [0.25, 0.3) is 0 Å². The highest BCUT2D eigenvalue weighted by atomic mass is 19.1. The molecule has 1 aliphatic heterocycles. The Morgan fingerprint density at radius 1 is 1.11 bits per heavy atom. The minimum atomic E-state index is -0.314. The standard InChI is InChI=1S/C14H11FN2O/c15-10-6-7-12-13(8-10)17(9-14(18)16-12)11-4-2-1-3-5-11/h1-8H,9H2,(H,16,18). The van der Waals surface area contributed by atoms with Gasteiger partial charge in [-0.15, -0.1) is 0 Å². The van der Waals surface area contributed by atoms with E-state index in [4.69, 9.17) is 0 Å². The number of hydrogen-bond donors (Lipinski definition) is 1. The molecule has 0 aliphatic carbocycles. The van der Waals surface area contributed by atoms with Gasteiger partial charge in [0.05, 0.1) is 11.4 Å². The van der Waals surface area contributed by atoms with Crippen molar-refractivity contribution in [3.8, 4) is 0 Å². The third kappa shape index (κ3) is 1.82. The van der Waals surface area contributed by atoms with E-state index in [0.717, 1.165) is 5.69 Å². The molecule has 1 amide bonds. The first-order valence-corrected chi connectivity index (χ1v) is 5.66. The highest BCUT2D eigenvalue weighted by Gasteiger charge is 2.23. The molecule has 1 N–H and O–H groups in total. The lowest BCUT2D eigenvalue weighted by molar-refractivity contribution is -0.115. The minimum absolute atomic E-state index is 0.0991. The van der Waals surface area contributed by atoms with Crippen LogP contribution in [0.5, 0.6) is 0 Å². The molecule has 3 rings (SSSR count). The molecular formula is C14H11FN2O. The van der Waals surface area contributed by atoms with Gasteiger partial charge in [0, 0.05) is 5.69 Å². The van der Waals surface area contributed by atoms with Crippen LogP contribution in [0.15, 0.2) is 48.5 Å². The van der Waals surface area contributed by atoms with Crippen LogP contribution in [0.1, 0.15) is 0 Å². The largest absolute Gasteiger partial charge is 0.330 e. The van der Waals surface area contributed by atoms with Crippen molar-refractivity contribution in [2.24, 2.45) is 0 Å². The van der Waals surface area contributed by atoms with Crippen LogP contribution in [0.4, 0.5) is 21.5 Å². The number of rotatable bonds is 1. The number of nitrogens with zero attached hydrogens (tertiary/aromatic N) is 1. The van der Waals surface area contributed by atoms with Gasteiger partial charge in [-0.05, 0) is 30.3 Å². The molecule has 0 radical (unpaired) electrons. The van der Waals surface area contributed by atoms with Gasteiger partial charge < -0.3 is 10.2 Å². The van der Waals surface area contributed by atoms with Crippen LogP contribution in [0, 0.1) is 5.82 Å². The summed E-state index contributed by atoms with van der Waals surface area (Å²) >= 11 is 0. The lowest BCUT2D eigenvalue weighted by Crippen LogP contribution is -2.35. The quantitative estimate of drug-likeness (QED) is 0.833. The molecule has 18 heavy (non-hydrogen) atoms. The molecule has 1 heterocycles. The van der Waals surface area contributed by atoms with Crippen LogP contribution in [0.3, 0.4) is 0 Å². The average Bonchev–Trinajstić information content (AvgIpc) is 2.39. The lowest BCUT2D eigenvalue weighted by Gasteiger charge is -2.30. The molecule has 0 unspecified atom stereocenters. The van der Waals surface area contributed by atoms with Crippen molar-refractivity contribution in [2.45, 2.75) is 0 Å². The number of benzene rings is 2. The van der Waals surface area contributed by atoms with Crippen molar-refractivity contribution in [3.63, 3.8) is 0 Å². The van der Waals surface area contributed by atoms with Gasteiger partial charge in [-0.1, -0.05) is 18.2 Å². The maximum atomic E-state index is 13.3. The second-order valence-electron chi connectivity index (χ2n) is 4.13. The zero-order valence-corrected chi connectivity index (χ0v) is 9.56. The van der Waals surface area contributed by atoms with E-state index in [0.29, 0.717) is 11.4 Å². The molecule has 0 spiro atoms. The summed E-state index contributed by atoms with van der Waals surface area (Å²) in [6.45, 7) is 0.195. The summed E-state index contributed by atoms with van der Waals surface area (Å²) in [5.74, 6) is -0.413. The lowest BCUT2D eigenvalue weighted by atomic mass is 10.1. The average molecular weight is 242 g/mol. The molecule has 90 valence electrons. The Morgan fingerprint density at radius 2 is 1.89 bits per heavy atom. The van der Waals surface area contributed by atoms with Crippen molar-refractivity contribution >= 4 is 23.0 Å². The molecule has 1 aliphatic rings. The fourth-order valence-electron chi connectivity index (χ4n) is 2.09. The smallest absolute Gasteiger partial charge is 0.244 e. The summed E-state index contributed by atoms with van der Waals surface area (Å²) in [5.41, 5.74) is 2.19. The number of amides is 1. The molecule has 0 aromatic heterocycles. The highest BCUT2D eigenvalue weighted by molar-refractivity contribution is 6.03. The number of halogens is 1. The van der Waals surface area contributed by atoms with E-state index < -0.39 is 0 Å². The van der Waals surface area contributed by atoms with Gasteiger partial charge in [0.15, 0.2) is 0 Å². The molecule has 0 saturated heterocycles. The zero-order valence-electron chi connectivity index (χ0n) is 9.56. The maximum Gasteiger partial charge on any atom is 0.244 e. The predicted molar refractivity (Wildman–Crippen MR) is 68.5 cm³/mol. The molecular weight excluding hydrogens is 231 g/mol. The minimum Gasteiger partial charge on any atom is -0.330 e. The summed E-state index contributed by atoms with van der Waals surface area (Å²) in [7, 11) is 0. The van der Waals surface area contributed by atoms with Gasteiger partial charge in [0.2, 0.25) is 5.91 Å². The van der Waals surface area contributed by atoms with Crippen molar-refractivity contribution in [1.82, 2.24) is 0 Å². The molecule has 3 nitrogen and oxygen atoms in total. The fourth-order valence-corrected chi connectivity index (χ4v) is 2.09. The van der Waals surface area contributed by atoms with Crippen LogP contribution in [0.2, 0.25) is 0 Å². The second-order valence-corrected chi connectivity index (χ2v) is 4.13. The number of carbonyl (C=O) groups is 1. The van der Waals surface area contributed by atoms with Gasteiger partial charge >= 0.3 is 0 Å². The first-order valence-electron chi connectivity index (χ1n) is 5.66. The van der Waals surface area contributed by atoms with Gasteiger partial charge in [-0.2, -0.15) is 0 Å². The van der Waals surface area contributed by atoms with E-state index in [-0.39, 0.29) is 18.3 Å². The van der Waals surface area contributed by atoms with E-state index in [1.54, 1.807) is 11.0 Å². The Balaban J connectivity index is 2.12. The monoisotopic (exact) mass is 242 g/mol. The van der Waals surface area contributed by atoms with Gasteiger partial charge in [-0.25, -0.2) is 4.39 Å². The number of nitrogens with one attached hydrogen (secondary N) is 1. The topological polar surface area (TPSA) is 32.3 Å². The van der Waals surface area contributed by atoms with Gasteiger partial charge in [0.25, 0.3) is 0 Å². The first kappa shape index (κ1) is 10.8. The number of anilines is 3. The Morgan fingerprint density at radius 3 is 2.67 bits per heavy atom. The maximum absolute atomic E-state index is 13.3. The van der Waals surface area contributed by atoms with Crippen molar-refractivity contribution in [3.05, 3.63) is 54.3 Å². The molecule has 2 aromatic rings. The third-order valence-corrected chi connectivity index (χ3v) is 2.89. The van der Waals surface area contributed by atoms with Crippen LogP contribution >= 0.6 is 0 Å². The number of fused-ring (bicyclic) bond motifs is 1. The molecule has 0 atom stereocenters. The van der Waals surface area contributed by atoms with E-state index in [1.807, 2.05) is 30.3 Å². The Bertz CT molecular complexity index is 598.